The third-order valence-corrected chi connectivity index (χ3v) is 5.48. The number of hydrogen-bond donors (Lipinski definition) is 2. The molecule has 0 saturated heterocycles. The van der Waals surface area contributed by atoms with Crippen molar-refractivity contribution in [2.24, 2.45) is 5.73 Å². The summed E-state index contributed by atoms with van der Waals surface area (Å²) < 4.78 is 33.2. The van der Waals surface area contributed by atoms with E-state index in [1.807, 2.05) is 13.0 Å². The normalized spacial score (nSPS) is 11.6. The number of anilines is 1. The fraction of sp³-hybridized carbons (Fsp3) is 0.167. The molecule has 8 heteroatoms. The number of benzene rings is 1. The predicted molar refractivity (Wildman–Crippen MR) is 84.0 cm³/mol. The Morgan fingerprint density at radius 2 is 2.00 bits per heavy atom. The van der Waals surface area contributed by atoms with Crippen LogP contribution in [0.4, 0.5) is 5.69 Å². The van der Waals surface area contributed by atoms with E-state index in [2.05, 4.69) is 36.6 Å². The molecule has 0 aliphatic heterocycles. The van der Waals surface area contributed by atoms with E-state index >= 15 is 0 Å². The summed E-state index contributed by atoms with van der Waals surface area (Å²) >= 11 is 6.40. The van der Waals surface area contributed by atoms with Gasteiger partial charge in [0, 0.05) is 10.5 Å². The molecule has 1 aromatic heterocycles. The number of rotatable bonds is 4. The quantitative estimate of drug-likeness (QED) is 0.789. The van der Waals surface area contributed by atoms with Gasteiger partial charge in [-0.2, -0.15) is 0 Å². The Kier molecular flexibility index (Phi) is 4.58. The Hall–Kier alpha value is -0.830. The number of nitrogens with two attached hydrogens (primary N) is 1. The van der Waals surface area contributed by atoms with Crippen LogP contribution < -0.4 is 10.5 Å². The molecule has 108 valence electrons. The smallest absolute Gasteiger partial charge is 0.266 e. The van der Waals surface area contributed by atoms with E-state index in [0.717, 1.165) is 5.56 Å². The highest BCUT2D eigenvalue weighted by Gasteiger charge is 2.23. The minimum atomic E-state index is -3.75. The largest absolute Gasteiger partial charge is 0.452 e. The molecule has 0 spiro atoms. The fourth-order valence-electron chi connectivity index (χ4n) is 1.60. The first-order chi connectivity index (χ1) is 9.33. The molecule has 0 aliphatic carbocycles. The number of halogens is 2. The molecule has 3 N–H and O–H groups in total. The summed E-state index contributed by atoms with van der Waals surface area (Å²) in [4.78, 5) is 0.0198. The molecule has 0 unspecified atom stereocenters. The zero-order valence-electron chi connectivity index (χ0n) is 10.5. The van der Waals surface area contributed by atoms with Crippen LogP contribution in [0.2, 0.25) is 0 Å². The molecule has 5 nitrogen and oxygen atoms in total. The predicted octanol–water partition coefficient (Wildman–Crippen LogP) is 3.37. The van der Waals surface area contributed by atoms with Crippen molar-refractivity contribution >= 4 is 47.6 Å². The van der Waals surface area contributed by atoms with Crippen molar-refractivity contribution in [2.45, 2.75) is 18.4 Å². The summed E-state index contributed by atoms with van der Waals surface area (Å²) in [6.07, 6.45) is 0. The van der Waals surface area contributed by atoms with Crippen LogP contribution in [0.3, 0.4) is 0 Å². The second-order valence-electron chi connectivity index (χ2n) is 4.14. The fourth-order valence-corrected chi connectivity index (χ4v) is 4.15. The molecule has 2 rings (SSSR count). The van der Waals surface area contributed by atoms with Crippen molar-refractivity contribution < 1.29 is 12.8 Å². The molecule has 20 heavy (non-hydrogen) atoms. The topological polar surface area (TPSA) is 85.3 Å². The van der Waals surface area contributed by atoms with E-state index < -0.39 is 10.0 Å². The molecule has 0 aliphatic rings. The van der Waals surface area contributed by atoms with Gasteiger partial charge in [0.1, 0.15) is 10.7 Å². The standard InChI is InChI=1S/C12H12Br2N2O3S/c1-7-2-3-9(13)10(4-7)16-20(17,18)11-5-8(6-15)19-12(11)14/h2-5,16H,6,15H2,1H3. The van der Waals surface area contributed by atoms with Crippen molar-refractivity contribution in [1.29, 1.82) is 0 Å². The molecule has 1 heterocycles. The Labute approximate surface area is 133 Å². The molecule has 1 aromatic carbocycles. The van der Waals surface area contributed by atoms with Gasteiger partial charge < -0.3 is 10.2 Å². The average Bonchev–Trinajstić information content (AvgIpc) is 2.76. The molecule has 0 fully saturated rings. The van der Waals surface area contributed by atoms with Crippen LogP contribution in [0.5, 0.6) is 0 Å². The van der Waals surface area contributed by atoms with Gasteiger partial charge >= 0.3 is 0 Å². The summed E-state index contributed by atoms with van der Waals surface area (Å²) in [5.74, 6) is 0.389. The zero-order valence-corrected chi connectivity index (χ0v) is 14.5. The first kappa shape index (κ1) is 15.6. The first-order valence-corrected chi connectivity index (χ1v) is 8.67. The molecule has 2 aromatic rings. The highest BCUT2D eigenvalue weighted by molar-refractivity contribution is 9.10. The summed E-state index contributed by atoms with van der Waals surface area (Å²) in [5, 5.41) is 0. The summed E-state index contributed by atoms with van der Waals surface area (Å²) in [6, 6.07) is 6.79. The SMILES string of the molecule is Cc1ccc(Br)c(NS(=O)(=O)c2cc(CN)oc2Br)c1. The highest BCUT2D eigenvalue weighted by atomic mass is 79.9. The van der Waals surface area contributed by atoms with Crippen molar-refractivity contribution in [3.8, 4) is 0 Å². The molecule has 0 bridgehead atoms. The monoisotopic (exact) mass is 422 g/mol. The van der Waals surface area contributed by atoms with E-state index in [9.17, 15) is 8.42 Å². The van der Waals surface area contributed by atoms with Crippen LogP contribution in [0.1, 0.15) is 11.3 Å². The van der Waals surface area contributed by atoms with Crippen LogP contribution >= 0.6 is 31.9 Å². The van der Waals surface area contributed by atoms with Crippen LogP contribution in [-0.2, 0) is 16.6 Å². The lowest BCUT2D eigenvalue weighted by Gasteiger charge is -2.09. The maximum absolute atomic E-state index is 12.4. The number of nitrogens with one attached hydrogen (secondary N) is 1. The highest BCUT2D eigenvalue weighted by Crippen LogP contribution is 2.30. The van der Waals surface area contributed by atoms with Gasteiger partial charge in [0.15, 0.2) is 4.67 Å². The third-order valence-electron chi connectivity index (χ3n) is 2.56. The Balaban J connectivity index is 2.40. The maximum Gasteiger partial charge on any atom is 0.266 e. The minimum Gasteiger partial charge on any atom is -0.452 e. The second kappa shape index (κ2) is 5.88. The van der Waals surface area contributed by atoms with E-state index in [1.54, 1.807) is 12.1 Å². The average molecular weight is 424 g/mol. The Bertz CT molecular complexity index is 741. The molecular weight excluding hydrogens is 412 g/mol. The van der Waals surface area contributed by atoms with Gasteiger partial charge in [0.25, 0.3) is 10.0 Å². The third kappa shape index (κ3) is 3.25. The summed E-state index contributed by atoms with van der Waals surface area (Å²) in [6.45, 7) is 2.01. The van der Waals surface area contributed by atoms with E-state index in [-0.39, 0.29) is 16.1 Å². The van der Waals surface area contributed by atoms with Gasteiger partial charge in [0.2, 0.25) is 0 Å². The number of furan rings is 1. The van der Waals surface area contributed by atoms with Crippen LogP contribution in [0, 0.1) is 6.92 Å². The van der Waals surface area contributed by atoms with E-state index in [0.29, 0.717) is 15.9 Å². The Morgan fingerprint density at radius 1 is 1.30 bits per heavy atom. The zero-order chi connectivity index (χ0) is 14.9. The van der Waals surface area contributed by atoms with Crippen LogP contribution in [-0.4, -0.2) is 8.42 Å². The van der Waals surface area contributed by atoms with Crippen molar-refractivity contribution in [3.63, 3.8) is 0 Å². The molecule has 0 radical (unpaired) electrons. The Morgan fingerprint density at radius 3 is 2.60 bits per heavy atom. The first-order valence-electron chi connectivity index (χ1n) is 5.60. The van der Waals surface area contributed by atoms with Crippen molar-refractivity contribution in [1.82, 2.24) is 0 Å². The van der Waals surface area contributed by atoms with Crippen LogP contribution in [0.25, 0.3) is 0 Å². The second-order valence-corrected chi connectivity index (χ2v) is 7.37. The van der Waals surface area contributed by atoms with Gasteiger partial charge in [-0.05, 0) is 56.5 Å². The van der Waals surface area contributed by atoms with Gasteiger partial charge in [-0.1, -0.05) is 6.07 Å². The van der Waals surface area contributed by atoms with Crippen molar-refractivity contribution in [3.05, 3.63) is 44.7 Å². The van der Waals surface area contributed by atoms with Gasteiger partial charge in [0.05, 0.1) is 12.2 Å². The minimum absolute atomic E-state index is 0.0198. The van der Waals surface area contributed by atoms with Crippen LogP contribution in [0.15, 0.2) is 42.7 Å². The molecule has 0 atom stereocenters. The molecule has 0 amide bonds. The van der Waals surface area contributed by atoms with E-state index in [4.69, 9.17) is 10.2 Å². The number of sulfonamides is 1. The lowest BCUT2D eigenvalue weighted by Crippen LogP contribution is -2.13. The maximum atomic E-state index is 12.4. The van der Waals surface area contributed by atoms with Gasteiger partial charge in [-0.3, -0.25) is 4.72 Å². The lowest BCUT2D eigenvalue weighted by molar-refractivity contribution is 0.484. The summed E-state index contributed by atoms with van der Waals surface area (Å²) in [7, 11) is -3.75. The van der Waals surface area contributed by atoms with Gasteiger partial charge in [-0.15, -0.1) is 0 Å². The number of aryl methyl sites for hydroxylation is 1. The van der Waals surface area contributed by atoms with Crippen molar-refractivity contribution in [2.75, 3.05) is 4.72 Å². The molecular formula is C12H12Br2N2O3S. The summed E-state index contributed by atoms with van der Waals surface area (Å²) in [5.41, 5.74) is 6.84. The lowest BCUT2D eigenvalue weighted by atomic mass is 10.2. The molecule has 0 saturated carbocycles. The number of hydrogen-bond acceptors (Lipinski definition) is 4. The van der Waals surface area contributed by atoms with E-state index in [1.165, 1.54) is 6.07 Å². The van der Waals surface area contributed by atoms with Gasteiger partial charge in [-0.25, -0.2) is 8.42 Å².